The number of ether oxygens (including phenoxy) is 2. The highest BCUT2D eigenvalue weighted by Gasteiger charge is 2.35. The minimum absolute atomic E-state index is 0.149. The van der Waals surface area contributed by atoms with Gasteiger partial charge in [0.25, 0.3) is 9.84 Å². The van der Waals surface area contributed by atoms with Crippen molar-refractivity contribution in [3.05, 3.63) is 81.9 Å². The van der Waals surface area contributed by atoms with Crippen molar-refractivity contribution in [3.8, 4) is 17.7 Å². The zero-order chi connectivity index (χ0) is 24.1. The molecule has 4 rings (SSSR count). The smallest absolute Gasteiger partial charge is 0.415 e. The van der Waals surface area contributed by atoms with Crippen LogP contribution in [-0.2, 0) is 14.6 Å². The number of para-hydroxylation sites is 1. The van der Waals surface area contributed by atoms with Gasteiger partial charge in [-0.05, 0) is 29.2 Å². The molecule has 0 fully saturated rings. The molecule has 2 aromatic carbocycles. The number of aromatic nitrogens is 2. The molecule has 0 unspecified atom stereocenters. The Kier molecular flexibility index (Phi) is 6.28. The molecule has 0 amide bonds. The number of rotatable bonds is 6. The monoisotopic (exact) mass is 482 g/mol. The minimum Gasteiger partial charge on any atom is -0.449 e. The van der Waals surface area contributed by atoms with Gasteiger partial charge in [0.05, 0.1) is 10.1 Å². The first-order chi connectivity index (χ1) is 16.4. The van der Waals surface area contributed by atoms with Crippen LogP contribution >= 0.6 is 0 Å². The van der Waals surface area contributed by atoms with Crippen molar-refractivity contribution < 1.29 is 36.6 Å². The van der Waals surface area contributed by atoms with E-state index < -0.39 is 32.3 Å². The Morgan fingerprint density at radius 2 is 1.76 bits per heavy atom. The normalized spacial score (nSPS) is 10.9. The van der Waals surface area contributed by atoms with E-state index in [4.69, 9.17) is 13.9 Å². The number of fused-ring (bicyclic) bond motifs is 1. The second-order valence-electron chi connectivity index (χ2n) is 6.56. The Bertz CT molecular complexity index is 1580. The van der Waals surface area contributed by atoms with Crippen LogP contribution in [0.1, 0.15) is 10.4 Å². The molecule has 0 N–H and O–H groups in total. The van der Waals surface area contributed by atoms with Crippen molar-refractivity contribution in [2.45, 2.75) is 9.92 Å². The summed E-state index contributed by atoms with van der Waals surface area (Å²) in [5.74, 6) is 3.45. The number of nitrogens with zero attached hydrogens (tertiary/aromatic N) is 2. The van der Waals surface area contributed by atoms with Crippen LogP contribution in [0.3, 0.4) is 0 Å². The van der Waals surface area contributed by atoms with Crippen LogP contribution in [0.2, 0.25) is 0 Å². The van der Waals surface area contributed by atoms with E-state index in [1.807, 2.05) is 0 Å². The van der Waals surface area contributed by atoms with E-state index in [1.165, 1.54) is 30.3 Å². The number of hydrogen-bond acceptors (Lipinski definition) is 10. The molecule has 0 atom stereocenters. The highest BCUT2D eigenvalue weighted by atomic mass is 32.2. The lowest BCUT2D eigenvalue weighted by atomic mass is 10.2. The van der Waals surface area contributed by atoms with Crippen LogP contribution in [0.4, 0.5) is 0 Å². The summed E-state index contributed by atoms with van der Waals surface area (Å²) in [7, 11) is -4.25. The third kappa shape index (κ3) is 4.59. The van der Waals surface area contributed by atoms with Gasteiger partial charge in [-0.15, -0.1) is 0 Å². The summed E-state index contributed by atoms with van der Waals surface area (Å²) in [6.07, 6.45) is 0. The average molecular weight is 482 g/mol. The maximum atomic E-state index is 12.7. The topological polar surface area (TPSA) is 153 Å². The van der Waals surface area contributed by atoms with Gasteiger partial charge in [0.1, 0.15) is 11.1 Å². The predicted octanol–water partition coefficient (Wildman–Crippen LogP) is 1.49. The maximum absolute atomic E-state index is 12.7. The van der Waals surface area contributed by atoms with Gasteiger partial charge in [-0.25, -0.2) is 18.0 Å². The third-order valence-corrected chi connectivity index (χ3v) is 6.12. The van der Waals surface area contributed by atoms with Gasteiger partial charge < -0.3 is 19.1 Å². The van der Waals surface area contributed by atoms with Crippen LogP contribution in [0.25, 0.3) is 11.0 Å². The average Bonchev–Trinajstić information content (AvgIpc) is 3.22. The Labute approximate surface area is 191 Å². The molecule has 0 bridgehead atoms. The van der Waals surface area contributed by atoms with E-state index in [0.29, 0.717) is 11.0 Å². The van der Waals surface area contributed by atoms with Gasteiger partial charge >= 0.3 is 22.5 Å². The zero-order valence-electron chi connectivity index (χ0n) is 17.2. The van der Waals surface area contributed by atoms with E-state index in [0.717, 1.165) is 0 Å². The van der Waals surface area contributed by atoms with Gasteiger partial charge in [-0.3, -0.25) is 4.63 Å². The zero-order valence-corrected chi connectivity index (χ0v) is 18.0. The standard InChI is InChI=1S/C22H14N2O9S/c25-21(17-14-15-8-4-5-11-18(15)32-22(17)26)31-13-7-6-12-30-19-20(24(27)33-23-19)34(28,29)16-9-2-1-3-10-16/h1-5,8-11,14H,12-13H2. The minimum atomic E-state index is -4.25. The lowest BCUT2D eigenvalue weighted by molar-refractivity contribution is -0.832. The fourth-order valence-electron chi connectivity index (χ4n) is 2.83. The Morgan fingerprint density at radius 1 is 1.06 bits per heavy atom. The van der Waals surface area contributed by atoms with Gasteiger partial charge in [0.2, 0.25) is 0 Å². The molecule has 0 spiro atoms. The van der Waals surface area contributed by atoms with Crippen LogP contribution in [-0.4, -0.2) is 32.8 Å². The molecule has 2 aromatic heterocycles. The quantitative estimate of drug-likeness (QED) is 0.171. The molecule has 34 heavy (non-hydrogen) atoms. The molecule has 0 radical (unpaired) electrons. The molecule has 0 aliphatic heterocycles. The number of benzene rings is 2. The Hall–Kier alpha value is -4.63. The number of esters is 1. The Balaban J connectivity index is 1.38. The second kappa shape index (κ2) is 9.47. The van der Waals surface area contributed by atoms with Gasteiger partial charge in [-0.2, -0.15) is 0 Å². The molecule has 12 heteroatoms. The lowest BCUT2D eigenvalue weighted by Gasteiger charge is -2.02. The number of carbonyl (C=O) groups is 1. The summed E-state index contributed by atoms with van der Waals surface area (Å²) in [6.45, 7) is -0.774. The van der Waals surface area contributed by atoms with Crippen molar-refractivity contribution in [2.24, 2.45) is 0 Å². The van der Waals surface area contributed by atoms with Crippen LogP contribution in [0.15, 0.2) is 84.4 Å². The number of hydrogen-bond donors (Lipinski definition) is 0. The molecular weight excluding hydrogens is 468 g/mol. The Morgan fingerprint density at radius 3 is 2.56 bits per heavy atom. The molecule has 172 valence electrons. The van der Waals surface area contributed by atoms with Gasteiger partial charge in [0, 0.05) is 5.39 Å². The summed E-state index contributed by atoms with van der Waals surface area (Å²) in [5.41, 5.74) is -0.791. The van der Waals surface area contributed by atoms with Crippen LogP contribution in [0.5, 0.6) is 5.88 Å². The fourth-order valence-corrected chi connectivity index (χ4v) is 4.13. The maximum Gasteiger partial charge on any atom is 0.415 e. The molecule has 4 aromatic rings. The number of carbonyl (C=O) groups excluding carboxylic acids is 1. The first-order valence-corrected chi connectivity index (χ1v) is 11.0. The predicted molar refractivity (Wildman–Crippen MR) is 113 cm³/mol. The van der Waals surface area contributed by atoms with Crippen molar-refractivity contribution in [1.29, 1.82) is 0 Å². The van der Waals surface area contributed by atoms with Crippen molar-refractivity contribution in [2.75, 3.05) is 13.2 Å². The first kappa shape index (κ1) is 22.6. The molecule has 0 saturated heterocycles. The summed E-state index contributed by atoms with van der Waals surface area (Å²) < 4.78 is 44.8. The van der Waals surface area contributed by atoms with Crippen LogP contribution < -0.4 is 15.3 Å². The highest BCUT2D eigenvalue weighted by Crippen LogP contribution is 2.24. The summed E-state index contributed by atoms with van der Waals surface area (Å²) in [6, 6.07) is 15.2. The second-order valence-corrected chi connectivity index (χ2v) is 8.43. The summed E-state index contributed by atoms with van der Waals surface area (Å²) in [4.78, 5) is 23.7. The third-order valence-electron chi connectivity index (χ3n) is 4.40. The molecule has 0 aliphatic carbocycles. The molecular formula is C22H14N2O9S. The molecule has 2 heterocycles. The van der Waals surface area contributed by atoms with E-state index in [9.17, 15) is 23.2 Å². The highest BCUT2D eigenvalue weighted by molar-refractivity contribution is 7.91. The summed E-state index contributed by atoms with van der Waals surface area (Å²) >= 11 is 0. The van der Waals surface area contributed by atoms with E-state index in [2.05, 4.69) is 21.6 Å². The molecule has 0 aliphatic rings. The molecule has 0 saturated carbocycles. The first-order valence-electron chi connectivity index (χ1n) is 9.56. The van der Waals surface area contributed by atoms with Gasteiger partial charge in [0.15, 0.2) is 13.2 Å². The van der Waals surface area contributed by atoms with E-state index in [-0.39, 0.29) is 28.6 Å². The van der Waals surface area contributed by atoms with E-state index >= 15 is 0 Å². The van der Waals surface area contributed by atoms with Crippen molar-refractivity contribution in [1.82, 2.24) is 5.16 Å². The van der Waals surface area contributed by atoms with E-state index in [1.54, 1.807) is 30.3 Å². The van der Waals surface area contributed by atoms with Crippen molar-refractivity contribution in [3.63, 3.8) is 0 Å². The fraction of sp³-hybridized carbons (Fsp3) is 0.0909. The SMILES string of the molecule is O=C(OCC#CCOc1no[n+]([O-])c1S(=O)(=O)c1ccccc1)c1cc2ccccc2oc1=O. The summed E-state index contributed by atoms with van der Waals surface area (Å²) in [5, 5.41) is 14.8. The van der Waals surface area contributed by atoms with Crippen molar-refractivity contribution >= 4 is 26.8 Å². The van der Waals surface area contributed by atoms with Crippen LogP contribution in [0, 0.1) is 17.0 Å². The molecule has 11 nitrogen and oxygen atoms in total. The van der Waals surface area contributed by atoms with Gasteiger partial charge in [-0.1, -0.05) is 48.2 Å². The largest absolute Gasteiger partial charge is 0.449 e. The lowest BCUT2D eigenvalue weighted by Crippen LogP contribution is -2.30. The number of sulfone groups is 1.